The highest BCUT2D eigenvalue weighted by Crippen LogP contribution is 2.21. The number of hydrogen-bond acceptors (Lipinski definition) is 4. The van der Waals surface area contributed by atoms with Crippen LogP contribution in [0.1, 0.15) is 17.3 Å². The average molecular weight is 378 g/mol. The third kappa shape index (κ3) is 3.40. The lowest BCUT2D eigenvalue weighted by Gasteiger charge is -2.21. The zero-order valence-corrected chi connectivity index (χ0v) is 12.3. The Kier molecular flexibility index (Phi) is 4.81. The second-order valence-electron chi connectivity index (χ2n) is 3.85. The van der Waals surface area contributed by atoms with Crippen molar-refractivity contribution in [1.29, 1.82) is 0 Å². The third-order valence-electron chi connectivity index (χ3n) is 2.65. The van der Waals surface area contributed by atoms with Crippen LogP contribution < -0.4 is 0 Å². The van der Waals surface area contributed by atoms with Crippen LogP contribution in [0.25, 0.3) is 0 Å². The molecule has 102 valence electrons. The monoisotopic (exact) mass is 378 g/mol. The number of aliphatic carboxylic acids is 1. The van der Waals surface area contributed by atoms with Crippen molar-refractivity contribution in [1.82, 2.24) is 4.90 Å². The van der Waals surface area contributed by atoms with Crippen molar-refractivity contribution in [2.24, 2.45) is 0 Å². The van der Waals surface area contributed by atoms with Crippen LogP contribution in [0.2, 0.25) is 0 Å². The first kappa shape index (κ1) is 15.3. The molecule has 1 rings (SSSR count). The SMILES string of the molecule is CC(C(=O)O)N(C)C(=O)c1ccc([N+](=O)[O-])cc1I. The molecule has 8 heteroatoms. The largest absolute Gasteiger partial charge is 0.480 e. The summed E-state index contributed by atoms with van der Waals surface area (Å²) in [6.45, 7) is 1.39. The molecule has 1 unspecified atom stereocenters. The van der Waals surface area contributed by atoms with E-state index >= 15 is 0 Å². The van der Waals surface area contributed by atoms with Crippen molar-refractivity contribution in [3.8, 4) is 0 Å². The summed E-state index contributed by atoms with van der Waals surface area (Å²) < 4.78 is 0.404. The Bertz CT molecular complexity index is 546. The van der Waals surface area contributed by atoms with Gasteiger partial charge >= 0.3 is 5.97 Å². The van der Waals surface area contributed by atoms with Crippen LogP contribution in [-0.4, -0.2) is 39.9 Å². The zero-order chi connectivity index (χ0) is 14.7. The first-order chi connectivity index (χ1) is 8.75. The van der Waals surface area contributed by atoms with Crippen LogP contribution >= 0.6 is 22.6 Å². The fraction of sp³-hybridized carbons (Fsp3) is 0.273. The highest BCUT2D eigenvalue weighted by molar-refractivity contribution is 14.1. The van der Waals surface area contributed by atoms with Crippen LogP contribution in [0, 0.1) is 13.7 Å². The molecule has 1 aromatic rings. The first-order valence-corrected chi connectivity index (χ1v) is 6.27. The fourth-order valence-electron chi connectivity index (χ4n) is 1.32. The van der Waals surface area contributed by atoms with E-state index in [0.29, 0.717) is 3.57 Å². The molecule has 1 atom stereocenters. The van der Waals surface area contributed by atoms with E-state index in [9.17, 15) is 19.7 Å². The lowest BCUT2D eigenvalue weighted by molar-refractivity contribution is -0.384. The van der Waals surface area contributed by atoms with Crippen LogP contribution in [0.15, 0.2) is 18.2 Å². The van der Waals surface area contributed by atoms with Gasteiger partial charge in [0.1, 0.15) is 6.04 Å². The van der Waals surface area contributed by atoms with Crippen LogP contribution in [-0.2, 0) is 4.79 Å². The van der Waals surface area contributed by atoms with Gasteiger partial charge in [-0.05, 0) is 35.6 Å². The number of nitro benzene ring substituents is 1. The second kappa shape index (κ2) is 5.95. The quantitative estimate of drug-likeness (QED) is 0.489. The number of rotatable bonds is 4. The molecule has 1 amide bonds. The Morgan fingerprint density at radius 2 is 2.05 bits per heavy atom. The van der Waals surface area contributed by atoms with Gasteiger partial charge in [0.05, 0.1) is 10.5 Å². The van der Waals surface area contributed by atoms with E-state index in [1.54, 1.807) is 0 Å². The Balaban J connectivity index is 3.07. The number of amides is 1. The smallest absolute Gasteiger partial charge is 0.326 e. The number of carboxylic acid groups (broad SMARTS) is 1. The summed E-state index contributed by atoms with van der Waals surface area (Å²) in [7, 11) is 1.37. The molecular formula is C11H11IN2O5. The van der Waals surface area contributed by atoms with Crippen LogP contribution in [0.4, 0.5) is 5.69 Å². The van der Waals surface area contributed by atoms with E-state index in [0.717, 1.165) is 4.90 Å². The molecule has 0 radical (unpaired) electrons. The molecule has 0 aromatic heterocycles. The van der Waals surface area contributed by atoms with Gasteiger partial charge in [0, 0.05) is 22.8 Å². The summed E-state index contributed by atoms with van der Waals surface area (Å²) in [6.07, 6.45) is 0. The van der Waals surface area contributed by atoms with Gasteiger partial charge < -0.3 is 10.0 Å². The van der Waals surface area contributed by atoms with Crippen molar-refractivity contribution in [3.05, 3.63) is 37.4 Å². The minimum Gasteiger partial charge on any atom is -0.480 e. The van der Waals surface area contributed by atoms with E-state index in [-0.39, 0.29) is 11.3 Å². The standard InChI is InChI=1S/C11H11IN2O5/c1-6(11(16)17)13(2)10(15)8-4-3-7(14(18)19)5-9(8)12/h3-6H,1-2H3,(H,16,17). The normalized spacial score (nSPS) is 11.7. The number of likely N-dealkylation sites (N-methyl/N-ethyl adjacent to an activating group) is 1. The van der Waals surface area contributed by atoms with Gasteiger partial charge in [-0.2, -0.15) is 0 Å². The Labute approximate surface area is 122 Å². The summed E-state index contributed by atoms with van der Waals surface area (Å²) in [6, 6.07) is 2.84. The highest BCUT2D eigenvalue weighted by Gasteiger charge is 2.24. The van der Waals surface area contributed by atoms with Gasteiger partial charge in [-0.25, -0.2) is 4.79 Å². The van der Waals surface area contributed by atoms with Gasteiger partial charge in [0.15, 0.2) is 0 Å². The van der Waals surface area contributed by atoms with Crippen molar-refractivity contribution >= 4 is 40.2 Å². The Morgan fingerprint density at radius 1 is 1.47 bits per heavy atom. The number of nitrogens with zero attached hydrogens (tertiary/aromatic N) is 2. The first-order valence-electron chi connectivity index (χ1n) is 5.19. The van der Waals surface area contributed by atoms with Gasteiger partial charge in [-0.1, -0.05) is 0 Å². The van der Waals surface area contributed by atoms with Crippen molar-refractivity contribution in [2.75, 3.05) is 7.05 Å². The average Bonchev–Trinajstić information content (AvgIpc) is 2.35. The number of nitro groups is 1. The van der Waals surface area contributed by atoms with Gasteiger partial charge in [0.25, 0.3) is 11.6 Å². The number of non-ortho nitro benzene ring substituents is 1. The molecule has 19 heavy (non-hydrogen) atoms. The van der Waals surface area contributed by atoms with E-state index in [2.05, 4.69) is 0 Å². The molecule has 1 aromatic carbocycles. The molecular weight excluding hydrogens is 367 g/mol. The van der Waals surface area contributed by atoms with Crippen LogP contribution in [0.3, 0.4) is 0 Å². The molecule has 1 N–H and O–H groups in total. The molecule has 0 bridgehead atoms. The highest BCUT2D eigenvalue weighted by atomic mass is 127. The number of carboxylic acids is 1. The maximum atomic E-state index is 12.1. The number of hydrogen-bond donors (Lipinski definition) is 1. The molecule has 0 saturated carbocycles. The van der Waals surface area contributed by atoms with Gasteiger partial charge in [0.2, 0.25) is 0 Å². The van der Waals surface area contributed by atoms with Gasteiger partial charge in [-0.15, -0.1) is 0 Å². The van der Waals surface area contributed by atoms with Crippen molar-refractivity contribution in [3.63, 3.8) is 0 Å². The fourth-order valence-corrected chi connectivity index (χ4v) is 2.05. The Hall–Kier alpha value is -1.71. The number of benzene rings is 1. The zero-order valence-electron chi connectivity index (χ0n) is 10.2. The second-order valence-corrected chi connectivity index (χ2v) is 5.01. The van der Waals surface area contributed by atoms with E-state index in [1.807, 2.05) is 22.6 Å². The Morgan fingerprint density at radius 3 is 2.47 bits per heavy atom. The molecule has 0 aliphatic rings. The minimum atomic E-state index is -1.12. The third-order valence-corrected chi connectivity index (χ3v) is 3.55. The summed E-state index contributed by atoms with van der Waals surface area (Å²) in [5.74, 6) is -1.61. The van der Waals surface area contributed by atoms with E-state index in [4.69, 9.17) is 5.11 Å². The molecule has 0 aliphatic heterocycles. The molecule has 0 aliphatic carbocycles. The lowest BCUT2D eigenvalue weighted by atomic mass is 10.1. The summed E-state index contributed by atoms with van der Waals surface area (Å²) in [5.41, 5.74) is 0.122. The minimum absolute atomic E-state index is 0.116. The number of carbonyl (C=O) groups is 2. The summed E-state index contributed by atoms with van der Waals surface area (Å²) in [4.78, 5) is 34.0. The predicted molar refractivity (Wildman–Crippen MR) is 75.0 cm³/mol. The molecule has 0 fully saturated rings. The number of carbonyl (C=O) groups excluding carboxylic acids is 1. The topological polar surface area (TPSA) is 101 Å². The molecule has 7 nitrogen and oxygen atoms in total. The predicted octanol–water partition coefficient (Wildman–Crippen LogP) is 1.74. The van der Waals surface area contributed by atoms with Crippen molar-refractivity contribution in [2.45, 2.75) is 13.0 Å². The molecule has 0 spiro atoms. The maximum absolute atomic E-state index is 12.1. The summed E-state index contributed by atoms with van der Waals surface area (Å²) in [5, 5.41) is 19.4. The van der Waals surface area contributed by atoms with E-state index in [1.165, 1.54) is 32.2 Å². The number of halogens is 1. The molecule has 0 saturated heterocycles. The van der Waals surface area contributed by atoms with E-state index < -0.39 is 22.8 Å². The van der Waals surface area contributed by atoms with Crippen LogP contribution in [0.5, 0.6) is 0 Å². The van der Waals surface area contributed by atoms with Gasteiger partial charge in [-0.3, -0.25) is 14.9 Å². The summed E-state index contributed by atoms with van der Waals surface area (Å²) >= 11 is 1.81. The van der Waals surface area contributed by atoms with Crippen molar-refractivity contribution < 1.29 is 19.6 Å². The lowest BCUT2D eigenvalue weighted by Crippen LogP contribution is -2.40. The maximum Gasteiger partial charge on any atom is 0.326 e. The molecule has 0 heterocycles.